The van der Waals surface area contributed by atoms with E-state index in [1.165, 1.54) is 0 Å². The van der Waals surface area contributed by atoms with Crippen LogP contribution in [-0.2, 0) is 4.57 Å². The fraction of sp³-hybridized carbons (Fsp3) is 0.250. The molecule has 0 atom stereocenters. The van der Waals surface area contributed by atoms with Crippen LogP contribution >= 0.6 is 19.6 Å². The van der Waals surface area contributed by atoms with E-state index in [0.717, 1.165) is 5.75 Å². The second-order valence-electron chi connectivity index (χ2n) is 1.68. The van der Waals surface area contributed by atoms with E-state index in [-0.39, 0.29) is 0 Å². The van der Waals surface area contributed by atoms with Gasteiger partial charge >= 0.3 is 7.82 Å². The number of hydrogen-bond donors (Lipinski definition) is 4. The van der Waals surface area contributed by atoms with Gasteiger partial charge in [0, 0.05) is 12.0 Å². The lowest BCUT2D eigenvalue weighted by Crippen LogP contribution is -2.07. The highest BCUT2D eigenvalue weighted by Gasteiger charge is 2.00. The Labute approximate surface area is 73.4 Å². The van der Waals surface area contributed by atoms with Crippen molar-refractivity contribution >= 4 is 24.8 Å². The third-order valence-electron chi connectivity index (χ3n) is 0.635. The van der Waals surface area contributed by atoms with Crippen molar-refractivity contribution in [3.63, 3.8) is 0 Å². The van der Waals surface area contributed by atoms with Crippen molar-refractivity contribution in [2.24, 2.45) is 10.7 Å². The van der Waals surface area contributed by atoms with Crippen molar-refractivity contribution in [1.29, 1.82) is 0 Å². The zero-order chi connectivity index (χ0) is 9.61. The highest BCUT2D eigenvalue weighted by molar-refractivity contribution is 8.13. The standard InChI is InChI=1S/C4H6N2S.H3O4P/c5-4-6-2-1-3-7-4;1-5(2,3)4/h1-2H,3H2,(H2,5,6);(H3,1,2,3,4). The predicted octanol–water partition coefficient (Wildman–Crippen LogP) is -0.367. The SMILES string of the molecule is NC1=NC=CCS1.O=P(O)(O)O. The molecule has 0 aromatic rings. The smallest absolute Gasteiger partial charge is 0.378 e. The lowest BCUT2D eigenvalue weighted by atomic mass is 10.7. The number of rotatable bonds is 0. The van der Waals surface area contributed by atoms with Crippen LogP contribution in [0, 0.1) is 0 Å². The molecular formula is C4H9N2O4PS. The zero-order valence-electron chi connectivity index (χ0n) is 5.99. The molecule has 8 heteroatoms. The maximum atomic E-state index is 8.88. The molecule has 0 fully saturated rings. The van der Waals surface area contributed by atoms with Crippen LogP contribution in [-0.4, -0.2) is 25.6 Å². The summed E-state index contributed by atoms with van der Waals surface area (Å²) in [4.78, 5) is 25.4. The Bertz CT molecular complexity index is 227. The van der Waals surface area contributed by atoms with E-state index in [1.807, 2.05) is 6.08 Å². The average molecular weight is 212 g/mol. The molecule has 5 N–H and O–H groups in total. The van der Waals surface area contributed by atoms with Gasteiger partial charge in [0.05, 0.1) is 0 Å². The van der Waals surface area contributed by atoms with E-state index in [9.17, 15) is 0 Å². The highest BCUT2D eigenvalue weighted by atomic mass is 32.2. The molecule has 0 bridgehead atoms. The van der Waals surface area contributed by atoms with E-state index in [1.54, 1.807) is 18.0 Å². The van der Waals surface area contributed by atoms with Crippen molar-refractivity contribution in [3.05, 3.63) is 12.3 Å². The summed E-state index contributed by atoms with van der Waals surface area (Å²) in [5, 5.41) is 0.669. The summed E-state index contributed by atoms with van der Waals surface area (Å²) < 4.78 is 8.88. The number of thioether (sulfide) groups is 1. The van der Waals surface area contributed by atoms with Gasteiger partial charge in [0.2, 0.25) is 0 Å². The molecule has 0 saturated heterocycles. The minimum absolute atomic E-state index is 0.669. The molecule has 1 aliphatic heterocycles. The minimum Gasteiger partial charge on any atom is -0.378 e. The molecule has 1 rings (SSSR count). The number of aliphatic imine (C=N–C) groups is 1. The molecular weight excluding hydrogens is 203 g/mol. The van der Waals surface area contributed by atoms with Crippen LogP contribution in [0.4, 0.5) is 0 Å². The van der Waals surface area contributed by atoms with Gasteiger partial charge in [-0.15, -0.1) is 0 Å². The highest BCUT2D eigenvalue weighted by Crippen LogP contribution is 2.25. The molecule has 0 radical (unpaired) electrons. The maximum absolute atomic E-state index is 8.88. The fourth-order valence-corrected chi connectivity index (χ4v) is 0.828. The van der Waals surface area contributed by atoms with Crippen LogP contribution < -0.4 is 5.73 Å². The summed E-state index contributed by atoms with van der Waals surface area (Å²) >= 11 is 1.56. The molecule has 0 amide bonds. The summed E-state index contributed by atoms with van der Waals surface area (Å²) in [5.74, 6) is 0.968. The van der Waals surface area contributed by atoms with Crippen molar-refractivity contribution in [1.82, 2.24) is 0 Å². The number of phosphoric acid groups is 1. The second-order valence-corrected chi connectivity index (χ2v) is 3.74. The Balaban J connectivity index is 0.000000217. The first-order valence-electron chi connectivity index (χ1n) is 2.79. The summed E-state index contributed by atoms with van der Waals surface area (Å²) in [6.07, 6.45) is 3.70. The van der Waals surface area contributed by atoms with Crippen molar-refractivity contribution in [3.8, 4) is 0 Å². The summed E-state index contributed by atoms with van der Waals surface area (Å²) in [5.41, 5.74) is 5.30. The Morgan fingerprint density at radius 2 is 2.08 bits per heavy atom. The maximum Gasteiger partial charge on any atom is 0.466 e. The van der Waals surface area contributed by atoms with Gasteiger partial charge in [-0.3, -0.25) is 0 Å². The third-order valence-corrected chi connectivity index (χ3v) is 1.39. The molecule has 0 saturated carbocycles. The van der Waals surface area contributed by atoms with Gasteiger partial charge in [0.15, 0.2) is 5.17 Å². The lowest BCUT2D eigenvalue weighted by Gasteiger charge is -1.97. The Morgan fingerprint density at radius 1 is 1.58 bits per heavy atom. The first-order chi connectivity index (χ1) is 5.39. The number of hydrogen-bond acceptors (Lipinski definition) is 4. The van der Waals surface area contributed by atoms with Crippen LogP contribution in [0.3, 0.4) is 0 Å². The monoisotopic (exact) mass is 212 g/mol. The normalized spacial score (nSPS) is 16.1. The quantitative estimate of drug-likeness (QED) is 0.407. The van der Waals surface area contributed by atoms with Gasteiger partial charge in [-0.1, -0.05) is 17.8 Å². The number of nitrogens with two attached hydrogens (primary N) is 1. The molecule has 0 aliphatic carbocycles. The van der Waals surface area contributed by atoms with Crippen LogP contribution in [0.25, 0.3) is 0 Å². The largest absolute Gasteiger partial charge is 0.466 e. The molecule has 12 heavy (non-hydrogen) atoms. The first kappa shape index (κ1) is 11.7. The van der Waals surface area contributed by atoms with Crippen molar-refractivity contribution in [2.75, 3.05) is 5.75 Å². The van der Waals surface area contributed by atoms with E-state index < -0.39 is 7.82 Å². The van der Waals surface area contributed by atoms with Gasteiger partial charge in [-0.2, -0.15) is 0 Å². The Morgan fingerprint density at radius 3 is 2.25 bits per heavy atom. The summed E-state index contributed by atoms with van der Waals surface area (Å²) in [6, 6.07) is 0. The number of amidine groups is 1. The molecule has 6 nitrogen and oxygen atoms in total. The van der Waals surface area contributed by atoms with E-state index in [0.29, 0.717) is 5.17 Å². The molecule has 1 heterocycles. The van der Waals surface area contributed by atoms with Crippen molar-refractivity contribution < 1.29 is 19.2 Å². The molecule has 1 aliphatic rings. The fourth-order valence-electron chi connectivity index (χ4n) is 0.340. The molecule has 0 unspecified atom stereocenters. The molecule has 0 aromatic heterocycles. The minimum atomic E-state index is -4.64. The lowest BCUT2D eigenvalue weighted by molar-refractivity contribution is 0.275. The Hall–Kier alpha value is -0.330. The first-order valence-corrected chi connectivity index (χ1v) is 5.34. The zero-order valence-corrected chi connectivity index (χ0v) is 7.70. The average Bonchev–Trinajstić information content (AvgIpc) is 1.85. The van der Waals surface area contributed by atoms with Crippen LogP contribution in [0.1, 0.15) is 0 Å². The van der Waals surface area contributed by atoms with Crippen LogP contribution in [0.15, 0.2) is 17.3 Å². The Kier molecular flexibility index (Phi) is 5.19. The summed E-state index contributed by atoms with van der Waals surface area (Å²) in [6.45, 7) is 0. The predicted molar refractivity (Wildman–Crippen MR) is 47.5 cm³/mol. The van der Waals surface area contributed by atoms with Crippen molar-refractivity contribution in [2.45, 2.75) is 0 Å². The van der Waals surface area contributed by atoms with E-state index in [2.05, 4.69) is 4.99 Å². The van der Waals surface area contributed by atoms with Crippen LogP contribution in [0.5, 0.6) is 0 Å². The molecule has 70 valence electrons. The van der Waals surface area contributed by atoms with E-state index in [4.69, 9.17) is 25.0 Å². The molecule has 0 spiro atoms. The summed E-state index contributed by atoms with van der Waals surface area (Å²) in [7, 11) is -4.64. The molecule has 0 aromatic carbocycles. The van der Waals surface area contributed by atoms with E-state index >= 15 is 0 Å². The van der Waals surface area contributed by atoms with Gasteiger partial charge in [-0.05, 0) is 0 Å². The third kappa shape index (κ3) is 12.4. The van der Waals surface area contributed by atoms with Gasteiger partial charge in [0.25, 0.3) is 0 Å². The van der Waals surface area contributed by atoms with Gasteiger partial charge in [0.1, 0.15) is 0 Å². The van der Waals surface area contributed by atoms with Crippen LogP contribution in [0.2, 0.25) is 0 Å². The topological polar surface area (TPSA) is 116 Å². The van der Waals surface area contributed by atoms with Gasteiger partial charge in [-0.25, -0.2) is 9.56 Å². The van der Waals surface area contributed by atoms with Gasteiger partial charge < -0.3 is 20.4 Å². The number of nitrogens with zero attached hydrogens (tertiary/aromatic N) is 1. The second kappa shape index (κ2) is 5.34.